The van der Waals surface area contributed by atoms with E-state index in [0.717, 1.165) is 29.9 Å². The monoisotopic (exact) mass is 420 g/mol. The van der Waals surface area contributed by atoms with Crippen molar-refractivity contribution in [1.29, 1.82) is 0 Å². The third-order valence-electron chi connectivity index (χ3n) is 5.43. The molecule has 2 aliphatic rings. The molecule has 0 radical (unpaired) electrons. The van der Waals surface area contributed by atoms with Crippen LogP contribution in [0.5, 0.6) is 0 Å². The van der Waals surface area contributed by atoms with Gasteiger partial charge in [-0.2, -0.15) is 0 Å². The SMILES string of the molecule is O=C([C@@H](Sc1nc(C2CC2)n(-c2ccccc2)n1)c1ccccc1)N1CCOCC1. The highest BCUT2D eigenvalue weighted by Gasteiger charge is 2.33. The molecule has 0 unspecified atom stereocenters. The lowest BCUT2D eigenvalue weighted by Crippen LogP contribution is -2.42. The van der Waals surface area contributed by atoms with Crippen LogP contribution in [0.1, 0.15) is 35.4 Å². The van der Waals surface area contributed by atoms with Crippen molar-refractivity contribution in [2.75, 3.05) is 26.3 Å². The Morgan fingerprint density at radius 2 is 1.67 bits per heavy atom. The van der Waals surface area contributed by atoms with Gasteiger partial charge in [-0.15, -0.1) is 5.10 Å². The van der Waals surface area contributed by atoms with Crippen molar-refractivity contribution in [3.8, 4) is 5.69 Å². The Kier molecular flexibility index (Phi) is 5.55. The minimum Gasteiger partial charge on any atom is -0.378 e. The summed E-state index contributed by atoms with van der Waals surface area (Å²) in [5, 5.41) is 5.08. The molecule has 2 heterocycles. The van der Waals surface area contributed by atoms with Crippen molar-refractivity contribution < 1.29 is 9.53 Å². The van der Waals surface area contributed by atoms with Gasteiger partial charge in [-0.05, 0) is 30.5 Å². The van der Waals surface area contributed by atoms with Crippen LogP contribution in [0.25, 0.3) is 5.69 Å². The van der Waals surface area contributed by atoms with E-state index in [0.29, 0.717) is 37.4 Å². The summed E-state index contributed by atoms with van der Waals surface area (Å²) in [6.45, 7) is 2.43. The van der Waals surface area contributed by atoms with Crippen LogP contribution in [0.15, 0.2) is 65.8 Å². The standard InChI is InChI=1S/C23H24N4O2S/c28-22(26-13-15-29-16-14-26)20(17-7-3-1-4-8-17)30-23-24-21(18-11-12-18)27(25-23)19-9-5-2-6-10-19/h1-10,18,20H,11-16H2/t20-/m0/s1. The number of carbonyl (C=O) groups is 1. The number of thioether (sulfide) groups is 1. The van der Waals surface area contributed by atoms with Gasteiger partial charge in [0.1, 0.15) is 11.1 Å². The van der Waals surface area contributed by atoms with E-state index < -0.39 is 0 Å². The third-order valence-corrected chi connectivity index (χ3v) is 6.52. The summed E-state index contributed by atoms with van der Waals surface area (Å²) in [6, 6.07) is 20.0. The zero-order valence-electron chi connectivity index (χ0n) is 16.7. The van der Waals surface area contributed by atoms with E-state index in [9.17, 15) is 4.79 Å². The molecule has 2 fully saturated rings. The first-order valence-corrected chi connectivity index (χ1v) is 11.3. The average Bonchev–Trinajstić information content (AvgIpc) is 3.58. The van der Waals surface area contributed by atoms with Crippen molar-refractivity contribution in [1.82, 2.24) is 19.7 Å². The van der Waals surface area contributed by atoms with Gasteiger partial charge in [0.25, 0.3) is 0 Å². The predicted molar refractivity (Wildman–Crippen MR) is 116 cm³/mol. The Balaban J connectivity index is 1.47. The van der Waals surface area contributed by atoms with Gasteiger partial charge < -0.3 is 9.64 Å². The number of nitrogens with zero attached hydrogens (tertiary/aromatic N) is 4. The number of hydrogen-bond donors (Lipinski definition) is 0. The van der Waals surface area contributed by atoms with Gasteiger partial charge in [-0.25, -0.2) is 9.67 Å². The maximum atomic E-state index is 13.4. The van der Waals surface area contributed by atoms with Gasteiger partial charge in [0.05, 0.1) is 18.9 Å². The molecule has 0 bridgehead atoms. The minimum atomic E-state index is -0.372. The number of hydrogen-bond acceptors (Lipinski definition) is 5. The molecule has 6 nitrogen and oxygen atoms in total. The molecule has 1 saturated heterocycles. The molecule has 1 saturated carbocycles. The Labute approximate surface area is 180 Å². The van der Waals surface area contributed by atoms with Crippen LogP contribution in [-0.4, -0.2) is 51.9 Å². The fourth-order valence-corrected chi connectivity index (χ4v) is 4.69. The Morgan fingerprint density at radius 1 is 1.00 bits per heavy atom. The lowest BCUT2D eigenvalue weighted by atomic mass is 10.1. The highest BCUT2D eigenvalue weighted by Crippen LogP contribution is 2.42. The minimum absolute atomic E-state index is 0.0959. The maximum Gasteiger partial charge on any atom is 0.240 e. The molecule has 30 heavy (non-hydrogen) atoms. The first kappa shape index (κ1) is 19.3. The molecule has 3 aromatic rings. The van der Waals surface area contributed by atoms with Crippen LogP contribution < -0.4 is 0 Å². The molecule has 5 rings (SSSR count). The van der Waals surface area contributed by atoms with Crippen molar-refractivity contribution in [3.63, 3.8) is 0 Å². The molecule has 0 spiro atoms. The molecule has 1 aliphatic heterocycles. The summed E-state index contributed by atoms with van der Waals surface area (Å²) < 4.78 is 7.37. The van der Waals surface area contributed by atoms with Gasteiger partial charge in [0.2, 0.25) is 11.1 Å². The molecule has 1 atom stereocenters. The van der Waals surface area contributed by atoms with E-state index >= 15 is 0 Å². The number of ether oxygens (including phenoxy) is 1. The molecular formula is C23H24N4O2S. The van der Waals surface area contributed by atoms with Gasteiger partial charge in [0, 0.05) is 19.0 Å². The van der Waals surface area contributed by atoms with Gasteiger partial charge in [0.15, 0.2) is 0 Å². The topological polar surface area (TPSA) is 60.2 Å². The summed E-state index contributed by atoms with van der Waals surface area (Å²) in [7, 11) is 0. The van der Waals surface area contributed by atoms with Crippen LogP contribution in [0.4, 0.5) is 0 Å². The van der Waals surface area contributed by atoms with Crippen molar-refractivity contribution in [2.24, 2.45) is 0 Å². The van der Waals surface area contributed by atoms with Gasteiger partial charge in [-0.3, -0.25) is 4.79 Å². The van der Waals surface area contributed by atoms with E-state index in [1.165, 1.54) is 11.8 Å². The average molecular weight is 421 g/mol. The van der Waals surface area contributed by atoms with Crippen LogP contribution in [0.2, 0.25) is 0 Å². The lowest BCUT2D eigenvalue weighted by molar-refractivity contribution is -0.134. The first-order valence-electron chi connectivity index (χ1n) is 10.4. The van der Waals surface area contributed by atoms with E-state index in [2.05, 4.69) is 0 Å². The summed E-state index contributed by atoms with van der Waals surface area (Å²) in [4.78, 5) is 20.2. The van der Waals surface area contributed by atoms with E-state index in [1.54, 1.807) is 0 Å². The van der Waals surface area contributed by atoms with E-state index in [-0.39, 0.29) is 11.2 Å². The highest BCUT2D eigenvalue weighted by atomic mass is 32.2. The normalized spacial score (nSPS) is 17.7. The maximum absolute atomic E-state index is 13.4. The quantitative estimate of drug-likeness (QED) is 0.567. The summed E-state index contributed by atoms with van der Waals surface area (Å²) in [5.41, 5.74) is 1.98. The lowest BCUT2D eigenvalue weighted by Gasteiger charge is -2.30. The van der Waals surface area contributed by atoms with Gasteiger partial charge >= 0.3 is 0 Å². The second-order valence-electron chi connectivity index (χ2n) is 7.62. The summed E-state index contributed by atoms with van der Waals surface area (Å²) in [6.07, 6.45) is 2.29. The highest BCUT2D eigenvalue weighted by molar-refractivity contribution is 8.00. The third kappa shape index (κ3) is 4.13. The van der Waals surface area contributed by atoms with Crippen molar-refractivity contribution in [2.45, 2.75) is 29.2 Å². The largest absolute Gasteiger partial charge is 0.378 e. The molecule has 2 aromatic carbocycles. The van der Waals surface area contributed by atoms with Crippen LogP contribution in [0, 0.1) is 0 Å². The second kappa shape index (κ2) is 8.62. The number of rotatable bonds is 6. The zero-order chi connectivity index (χ0) is 20.3. The smallest absolute Gasteiger partial charge is 0.240 e. The number of amides is 1. The number of morpholine rings is 1. The first-order chi connectivity index (χ1) is 14.8. The summed E-state index contributed by atoms with van der Waals surface area (Å²) >= 11 is 1.44. The van der Waals surface area contributed by atoms with Crippen LogP contribution in [0.3, 0.4) is 0 Å². The zero-order valence-corrected chi connectivity index (χ0v) is 17.5. The molecule has 154 valence electrons. The molecule has 0 N–H and O–H groups in total. The summed E-state index contributed by atoms with van der Waals surface area (Å²) in [5.74, 6) is 1.55. The number of carbonyl (C=O) groups excluding carboxylic acids is 1. The van der Waals surface area contributed by atoms with Crippen molar-refractivity contribution >= 4 is 17.7 Å². The fraction of sp³-hybridized carbons (Fsp3) is 0.348. The number of benzene rings is 2. The molecule has 1 aliphatic carbocycles. The Hall–Kier alpha value is -2.64. The molecule has 1 amide bonds. The molecule has 1 aromatic heterocycles. The molecular weight excluding hydrogens is 396 g/mol. The Bertz CT molecular complexity index is 999. The van der Waals surface area contributed by atoms with Gasteiger partial charge in [-0.1, -0.05) is 60.3 Å². The second-order valence-corrected chi connectivity index (χ2v) is 8.69. The molecule has 7 heteroatoms. The number of aromatic nitrogens is 3. The fourth-order valence-electron chi connectivity index (χ4n) is 3.66. The van der Waals surface area contributed by atoms with Crippen LogP contribution >= 0.6 is 11.8 Å². The van der Waals surface area contributed by atoms with Crippen LogP contribution in [-0.2, 0) is 9.53 Å². The van der Waals surface area contributed by atoms with Crippen molar-refractivity contribution in [3.05, 3.63) is 72.1 Å². The number of para-hydroxylation sites is 1. The van der Waals surface area contributed by atoms with E-state index in [1.807, 2.05) is 70.2 Å². The Morgan fingerprint density at radius 3 is 2.33 bits per heavy atom. The van der Waals surface area contributed by atoms with E-state index in [4.69, 9.17) is 14.8 Å². The predicted octanol–water partition coefficient (Wildman–Crippen LogP) is 3.84.